The Bertz CT molecular complexity index is 1050. The third kappa shape index (κ3) is 7.75. The number of aliphatic hydroxyl groups excluding tert-OH is 2. The summed E-state index contributed by atoms with van der Waals surface area (Å²) < 4.78 is 79.7. The fourth-order valence-corrected chi connectivity index (χ4v) is 7.90. The topological polar surface area (TPSA) is 80.9 Å². The van der Waals surface area contributed by atoms with Crippen molar-refractivity contribution >= 4 is 0 Å². The number of halogens is 6. The second kappa shape index (κ2) is 12.5. The zero-order chi connectivity index (χ0) is 31.8. The fourth-order valence-electron chi connectivity index (χ4n) is 7.90. The van der Waals surface area contributed by atoms with Gasteiger partial charge in [0.2, 0.25) is 0 Å². The predicted molar refractivity (Wildman–Crippen MR) is 148 cm³/mol. The first-order valence-electron chi connectivity index (χ1n) is 14.9. The Morgan fingerprint density at radius 1 is 0.905 bits per heavy atom. The van der Waals surface area contributed by atoms with Crippen LogP contribution in [0.3, 0.4) is 0 Å². The van der Waals surface area contributed by atoms with Crippen molar-refractivity contribution in [3.63, 3.8) is 0 Å². The molecule has 42 heavy (non-hydrogen) atoms. The highest BCUT2D eigenvalue weighted by atomic mass is 19.4. The number of aliphatic hydroxyl groups is 4. The van der Waals surface area contributed by atoms with Gasteiger partial charge in [-0.15, -0.1) is 0 Å². The Kier molecular flexibility index (Phi) is 10.4. The highest BCUT2D eigenvalue weighted by Crippen LogP contribution is 2.63. The molecule has 0 spiro atoms. The van der Waals surface area contributed by atoms with Gasteiger partial charge in [-0.1, -0.05) is 49.5 Å². The summed E-state index contributed by atoms with van der Waals surface area (Å²) in [5.41, 5.74) is -4.88. The van der Waals surface area contributed by atoms with Crippen LogP contribution in [0, 0.1) is 34.5 Å². The molecule has 3 aliphatic rings. The molecule has 6 atom stereocenters. The quantitative estimate of drug-likeness (QED) is 0.183. The van der Waals surface area contributed by atoms with Gasteiger partial charge in [-0.2, -0.15) is 26.3 Å². The normalized spacial score (nSPS) is 31.8. The lowest BCUT2D eigenvalue weighted by Crippen LogP contribution is -2.55. The molecule has 3 fully saturated rings. The van der Waals surface area contributed by atoms with Crippen LogP contribution in [0.5, 0.6) is 0 Å². The summed E-state index contributed by atoms with van der Waals surface area (Å²) in [6, 6.07) is 0. The lowest BCUT2D eigenvalue weighted by atomic mass is 9.55. The number of rotatable bonds is 7. The summed E-state index contributed by atoms with van der Waals surface area (Å²) in [7, 11) is 0. The Morgan fingerprint density at radius 2 is 1.50 bits per heavy atom. The summed E-state index contributed by atoms with van der Waals surface area (Å²) in [6.07, 6.45) is -2.41. The summed E-state index contributed by atoms with van der Waals surface area (Å²) >= 11 is 0. The highest BCUT2D eigenvalue weighted by molar-refractivity contribution is 5.27. The first-order valence-corrected chi connectivity index (χ1v) is 14.9. The second-order valence-electron chi connectivity index (χ2n) is 14.1. The minimum Gasteiger partial charge on any atom is -0.393 e. The van der Waals surface area contributed by atoms with E-state index in [-0.39, 0.29) is 23.7 Å². The van der Waals surface area contributed by atoms with E-state index in [4.69, 9.17) is 0 Å². The van der Waals surface area contributed by atoms with E-state index in [0.717, 1.165) is 37.7 Å². The molecule has 4 nitrogen and oxygen atoms in total. The van der Waals surface area contributed by atoms with Crippen LogP contribution in [0.4, 0.5) is 26.3 Å². The molecule has 240 valence electrons. The van der Waals surface area contributed by atoms with E-state index in [2.05, 4.69) is 18.9 Å². The van der Waals surface area contributed by atoms with Crippen molar-refractivity contribution in [2.75, 3.05) is 0 Å². The molecule has 3 rings (SSSR count). The molecule has 0 aromatic heterocycles. The van der Waals surface area contributed by atoms with Crippen LogP contribution < -0.4 is 0 Å². The van der Waals surface area contributed by atoms with Crippen LogP contribution in [0.2, 0.25) is 0 Å². The molecular weight excluding hydrogens is 562 g/mol. The molecule has 0 aliphatic heterocycles. The van der Waals surface area contributed by atoms with E-state index in [0.29, 0.717) is 38.5 Å². The maximum atomic E-state index is 13.3. The van der Waals surface area contributed by atoms with Crippen molar-refractivity contribution in [3.8, 4) is 11.8 Å². The van der Waals surface area contributed by atoms with Gasteiger partial charge in [-0.25, -0.2) is 0 Å². The van der Waals surface area contributed by atoms with Gasteiger partial charge in [0.15, 0.2) is 0 Å². The number of alkyl halides is 6. The smallest absolute Gasteiger partial charge is 0.393 e. The molecule has 0 amide bonds. The Morgan fingerprint density at radius 3 is 2.05 bits per heavy atom. The van der Waals surface area contributed by atoms with E-state index in [1.807, 2.05) is 13.0 Å². The molecule has 0 aromatic rings. The fraction of sp³-hybridized carbons (Fsp3) is 0.812. The van der Waals surface area contributed by atoms with Gasteiger partial charge in [-0.3, -0.25) is 0 Å². The minimum atomic E-state index is -6.00. The number of hydrogen-bond donors (Lipinski definition) is 4. The molecule has 0 heterocycles. The summed E-state index contributed by atoms with van der Waals surface area (Å²) in [4.78, 5) is 0. The van der Waals surface area contributed by atoms with Gasteiger partial charge in [0.05, 0.1) is 17.8 Å². The summed E-state index contributed by atoms with van der Waals surface area (Å²) in [5.74, 6) is 3.42. The Labute approximate surface area is 245 Å². The minimum absolute atomic E-state index is 0.0503. The first-order chi connectivity index (χ1) is 19.1. The average molecular weight is 609 g/mol. The highest BCUT2D eigenvalue weighted by Gasteiger charge is 2.70. The lowest BCUT2D eigenvalue weighted by molar-refractivity contribution is -0.343. The number of hydrogen-bond acceptors (Lipinski definition) is 4. The third-order valence-corrected chi connectivity index (χ3v) is 10.00. The van der Waals surface area contributed by atoms with Crippen molar-refractivity contribution in [1.29, 1.82) is 0 Å². The maximum Gasteiger partial charge on any atom is 0.438 e. The van der Waals surface area contributed by atoms with Crippen molar-refractivity contribution < 1.29 is 46.8 Å². The van der Waals surface area contributed by atoms with Crippen LogP contribution in [0.1, 0.15) is 105 Å². The number of fused-ring (bicyclic) bond motifs is 1. The summed E-state index contributed by atoms with van der Waals surface area (Å²) in [6.45, 7) is 7.34. The molecule has 4 N–H and O–H groups in total. The van der Waals surface area contributed by atoms with E-state index < -0.39 is 41.2 Å². The average Bonchev–Trinajstić information content (AvgIpc) is 3.18. The van der Waals surface area contributed by atoms with Gasteiger partial charge < -0.3 is 20.4 Å². The molecule has 1 unspecified atom stereocenters. The molecule has 0 radical (unpaired) electrons. The second-order valence-corrected chi connectivity index (χ2v) is 14.1. The Balaban J connectivity index is 1.93. The van der Waals surface area contributed by atoms with Crippen LogP contribution in [-0.4, -0.2) is 56.2 Å². The predicted octanol–water partition coefficient (Wildman–Crippen LogP) is 7.16. The van der Waals surface area contributed by atoms with Crippen LogP contribution in [0.25, 0.3) is 0 Å². The van der Waals surface area contributed by atoms with Gasteiger partial charge in [0.25, 0.3) is 0 Å². The molecule has 0 aromatic carbocycles. The third-order valence-electron chi connectivity index (χ3n) is 10.00. The van der Waals surface area contributed by atoms with Crippen molar-refractivity contribution in [1.82, 2.24) is 0 Å². The van der Waals surface area contributed by atoms with E-state index >= 15 is 0 Å². The molecule has 3 saturated carbocycles. The van der Waals surface area contributed by atoms with Gasteiger partial charge >= 0.3 is 18.0 Å². The molecule has 10 heteroatoms. The monoisotopic (exact) mass is 608 g/mol. The van der Waals surface area contributed by atoms with Crippen molar-refractivity contribution in [2.24, 2.45) is 22.7 Å². The van der Waals surface area contributed by atoms with Crippen LogP contribution in [-0.2, 0) is 0 Å². The maximum absolute atomic E-state index is 13.3. The van der Waals surface area contributed by atoms with Crippen LogP contribution >= 0.6 is 0 Å². The molecular formula is C32H46F6O4. The standard InChI is InChI=1S/C32H46F6O4/c1-27(2,41)13-6-14-28(3,15-7-17-30(42,31(33,34)35)32(36,37)38)26-12-11-25-22(8-5-16-29(25,26)4)10-9-21-18-23(39)20-24(40)19-21/h9-10,23-26,39-42H,5-6,8,11-16,18-20H2,1-4H3/b22-10+/t23-,24-,25?,26-,28+,29+/m1/s1. The van der Waals surface area contributed by atoms with E-state index in [9.17, 15) is 46.8 Å². The zero-order valence-corrected chi connectivity index (χ0v) is 25.0. The first kappa shape index (κ1) is 34.9. The van der Waals surface area contributed by atoms with Crippen LogP contribution in [0.15, 0.2) is 23.3 Å². The van der Waals surface area contributed by atoms with Gasteiger partial charge in [0.1, 0.15) is 0 Å². The zero-order valence-electron chi connectivity index (χ0n) is 25.0. The summed E-state index contributed by atoms with van der Waals surface area (Å²) in [5, 5.41) is 39.9. The number of allylic oxidation sites excluding steroid dienone is 3. The van der Waals surface area contributed by atoms with Crippen molar-refractivity contribution in [2.45, 2.75) is 141 Å². The van der Waals surface area contributed by atoms with Gasteiger partial charge in [-0.05, 0) is 107 Å². The molecule has 0 saturated heterocycles. The van der Waals surface area contributed by atoms with Gasteiger partial charge in [0, 0.05) is 6.42 Å². The van der Waals surface area contributed by atoms with E-state index in [1.165, 1.54) is 11.5 Å². The largest absolute Gasteiger partial charge is 0.438 e. The molecule has 3 aliphatic carbocycles. The van der Waals surface area contributed by atoms with E-state index in [1.54, 1.807) is 13.8 Å². The Hall–Kier alpha value is -1.54. The SMILES string of the molecule is CC(C)(O)CCC[C@@](C)(CC#CC(O)(C(F)(F)F)C(F)(F)F)[C@H]1CCC2/C(=C/C=C3C[C@@H](O)C[C@H](O)C3)CCC[C@@]21C. The lowest BCUT2D eigenvalue weighted by Gasteiger charge is -2.49. The van der Waals surface area contributed by atoms with Crippen molar-refractivity contribution in [3.05, 3.63) is 23.3 Å². The molecule has 0 bridgehead atoms.